The van der Waals surface area contributed by atoms with E-state index in [2.05, 4.69) is 5.32 Å². The summed E-state index contributed by atoms with van der Waals surface area (Å²) in [5.74, 6) is -0.917. The summed E-state index contributed by atoms with van der Waals surface area (Å²) in [5.41, 5.74) is 6.38. The highest BCUT2D eigenvalue weighted by atomic mass is 32.2. The first-order valence-electron chi connectivity index (χ1n) is 9.12. The van der Waals surface area contributed by atoms with Gasteiger partial charge in [-0.3, -0.25) is 9.59 Å². The van der Waals surface area contributed by atoms with Crippen molar-refractivity contribution in [2.24, 2.45) is 5.73 Å². The van der Waals surface area contributed by atoms with Crippen LogP contribution in [0.4, 0.5) is 5.69 Å². The normalized spacial score (nSPS) is 17.8. The average Bonchev–Trinajstić information content (AvgIpc) is 2.68. The molecule has 7 nitrogen and oxygen atoms in total. The van der Waals surface area contributed by atoms with Gasteiger partial charge in [0.25, 0.3) is 5.91 Å². The zero-order valence-corrected chi connectivity index (χ0v) is 16.4. The summed E-state index contributed by atoms with van der Waals surface area (Å²) in [7, 11) is -3.57. The van der Waals surface area contributed by atoms with Gasteiger partial charge < -0.3 is 11.1 Å². The minimum Gasteiger partial charge on any atom is -0.366 e. The van der Waals surface area contributed by atoms with Crippen molar-refractivity contribution in [3.63, 3.8) is 0 Å². The monoisotopic (exact) mass is 401 g/mol. The number of carbonyl (C=O) groups excluding carboxylic acids is 2. The molecule has 0 aromatic heterocycles. The van der Waals surface area contributed by atoms with Crippen molar-refractivity contribution in [2.45, 2.75) is 37.1 Å². The first-order chi connectivity index (χ1) is 13.3. The second kappa shape index (κ2) is 8.12. The van der Waals surface area contributed by atoms with Crippen LogP contribution in [0.2, 0.25) is 0 Å². The summed E-state index contributed by atoms with van der Waals surface area (Å²) < 4.78 is 27.2. The van der Waals surface area contributed by atoms with Gasteiger partial charge in [0.05, 0.1) is 4.90 Å². The molecule has 2 aromatic rings. The van der Waals surface area contributed by atoms with Crippen molar-refractivity contribution >= 4 is 27.5 Å². The number of amides is 2. The highest BCUT2D eigenvalue weighted by molar-refractivity contribution is 7.89. The quantitative estimate of drug-likeness (QED) is 0.802. The molecule has 0 saturated carbocycles. The van der Waals surface area contributed by atoms with E-state index in [9.17, 15) is 18.0 Å². The largest absolute Gasteiger partial charge is 0.366 e. The predicted molar refractivity (Wildman–Crippen MR) is 107 cm³/mol. The number of sulfonamides is 1. The zero-order chi connectivity index (χ0) is 20.3. The topological polar surface area (TPSA) is 110 Å². The number of rotatable bonds is 5. The molecule has 1 fully saturated rings. The van der Waals surface area contributed by atoms with Crippen molar-refractivity contribution in [3.8, 4) is 0 Å². The number of hydrogen-bond acceptors (Lipinski definition) is 4. The number of benzene rings is 2. The lowest BCUT2D eigenvalue weighted by Gasteiger charge is -2.32. The predicted octanol–water partition coefficient (Wildman–Crippen LogP) is 2.60. The average molecular weight is 401 g/mol. The molecular weight excluding hydrogens is 378 g/mol. The minimum atomic E-state index is -3.57. The zero-order valence-electron chi connectivity index (χ0n) is 15.6. The Balaban J connectivity index is 1.72. The van der Waals surface area contributed by atoms with E-state index in [1.165, 1.54) is 40.7 Å². The van der Waals surface area contributed by atoms with E-state index in [1.54, 1.807) is 12.1 Å². The number of nitrogens with zero attached hydrogens (tertiary/aromatic N) is 1. The van der Waals surface area contributed by atoms with E-state index in [0.717, 1.165) is 19.3 Å². The molecule has 3 rings (SSSR count). The Hall–Kier alpha value is -2.71. The molecule has 2 amide bonds. The number of anilines is 1. The summed E-state index contributed by atoms with van der Waals surface area (Å²) in [6.07, 6.45) is 2.75. The van der Waals surface area contributed by atoms with Crippen molar-refractivity contribution in [1.82, 2.24) is 4.31 Å². The number of carbonyl (C=O) groups is 2. The molecule has 1 heterocycles. The van der Waals surface area contributed by atoms with Crippen LogP contribution in [0.1, 0.15) is 46.9 Å². The van der Waals surface area contributed by atoms with Gasteiger partial charge in [0, 0.05) is 29.4 Å². The van der Waals surface area contributed by atoms with Crippen molar-refractivity contribution in [2.75, 3.05) is 11.9 Å². The molecule has 0 aliphatic carbocycles. The molecule has 0 radical (unpaired) electrons. The van der Waals surface area contributed by atoms with Crippen LogP contribution in [-0.2, 0) is 10.0 Å². The summed E-state index contributed by atoms with van der Waals surface area (Å²) in [4.78, 5) is 23.7. The van der Waals surface area contributed by atoms with Gasteiger partial charge in [0.1, 0.15) is 0 Å². The Labute approximate surface area is 164 Å². The molecule has 148 valence electrons. The van der Waals surface area contributed by atoms with Crippen LogP contribution in [0.5, 0.6) is 0 Å². The van der Waals surface area contributed by atoms with E-state index in [-0.39, 0.29) is 16.8 Å². The van der Waals surface area contributed by atoms with E-state index in [1.807, 2.05) is 6.92 Å². The summed E-state index contributed by atoms with van der Waals surface area (Å²) >= 11 is 0. The van der Waals surface area contributed by atoms with Gasteiger partial charge in [-0.05, 0) is 68.3 Å². The smallest absolute Gasteiger partial charge is 0.255 e. The molecule has 1 saturated heterocycles. The van der Waals surface area contributed by atoms with Crippen LogP contribution in [0, 0.1) is 0 Å². The summed E-state index contributed by atoms with van der Waals surface area (Å²) in [6, 6.07) is 12.1. The van der Waals surface area contributed by atoms with Gasteiger partial charge in [-0.15, -0.1) is 0 Å². The number of hydrogen-bond donors (Lipinski definition) is 2. The van der Waals surface area contributed by atoms with Crippen LogP contribution >= 0.6 is 0 Å². The number of nitrogens with one attached hydrogen (secondary N) is 1. The van der Waals surface area contributed by atoms with Crippen molar-refractivity contribution < 1.29 is 18.0 Å². The molecule has 8 heteroatoms. The van der Waals surface area contributed by atoms with Crippen LogP contribution in [0.3, 0.4) is 0 Å². The van der Waals surface area contributed by atoms with Crippen molar-refractivity contribution in [1.29, 1.82) is 0 Å². The summed E-state index contributed by atoms with van der Waals surface area (Å²) in [5, 5.41) is 2.70. The Bertz CT molecular complexity index is 970. The fourth-order valence-corrected chi connectivity index (χ4v) is 4.96. The Morgan fingerprint density at radius 3 is 2.18 bits per heavy atom. The third-order valence-corrected chi connectivity index (χ3v) is 6.92. The fraction of sp³-hybridized carbons (Fsp3) is 0.300. The maximum absolute atomic E-state index is 12.8. The van der Waals surface area contributed by atoms with Crippen molar-refractivity contribution in [3.05, 3.63) is 59.7 Å². The minimum absolute atomic E-state index is 0.0231. The standard InChI is InChI=1S/C20H23N3O4S/c1-14-4-2-3-13-23(14)28(26,27)18-11-7-16(8-12-18)20(25)22-17-9-5-15(6-10-17)19(21)24/h5-12,14H,2-4,13H2,1H3,(H2,21,24)(H,22,25)/t14-/m1/s1. The number of nitrogens with two attached hydrogens (primary N) is 1. The SMILES string of the molecule is C[C@@H]1CCCCN1S(=O)(=O)c1ccc(C(=O)Nc2ccc(C(N)=O)cc2)cc1. The maximum Gasteiger partial charge on any atom is 0.255 e. The Kier molecular flexibility index (Phi) is 5.81. The molecule has 1 aliphatic rings. The van der Waals surface area contributed by atoms with Gasteiger partial charge in [-0.2, -0.15) is 4.31 Å². The Morgan fingerprint density at radius 2 is 1.61 bits per heavy atom. The van der Waals surface area contributed by atoms with Gasteiger partial charge >= 0.3 is 0 Å². The lowest BCUT2D eigenvalue weighted by atomic mass is 10.1. The van der Waals surface area contributed by atoms with Gasteiger partial charge in [0.2, 0.25) is 15.9 Å². The highest BCUT2D eigenvalue weighted by Gasteiger charge is 2.30. The van der Waals surface area contributed by atoms with Gasteiger partial charge in [0.15, 0.2) is 0 Å². The molecule has 0 unspecified atom stereocenters. The van der Waals surface area contributed by atoms with Crippen LogP contribution in [0.15, 0.2) is 53.4 Å². The molecule has 0 bridgehead atoms. The maximum atomic E-state index is 12.8. The van der Waals surface area contributed by atoms with E-state index in [0.29, 0.717) is 23.4 Å². The van der Waals surface area contributed by atoms with E-state index in [4.69, 9.17) is 5.73 Å². The van der Waals surface area contributed by atoms with E-state index >= 15 is 0 Å². The Morgan fingerprint density at radius 1 is 1.00 bits per heavy atom. The molecule has 1 aliphatic heterocycles. The lowest BCUT2D eigenvalue weighted by molar-refractivity contribution is 0.0998. The first kappa shape index (κ1) is 20.0. The third kappa shape index (κ3) is 4.23. The summed E-state index contributed by atoms with van der Waals surface area (Å²) in [6.45, 7) is 2.44. The first-order valence-corrected chi connectivity index (χ1v) is 10.6. The number of piperidine rings is 1. The second-order valence-corrected chi connectivity index (χ2v) is 8.77. The molecule has 3 N–H and O–H groups in total. The fourth-order valence-electron chi connectivity index (χ4n) is 3.26. The second-order valence-electron chi connectivity index (χ2n) is 6.88. The molecule has 2 aromatic carbocycles. The molecule has 1 atom stereocenters. The molecule has 0 spiro atoms. The van der Waals surface area contributed by atoms with Gasteiger partial charge in [-0.25, -0.2) is 8.42 Å². The molecular formula is C20H23N3O4S. The van der Waals surface area contributed by atoms with Crippen LogP contribution in [0.25, 0.3) is 0 Å². The third-order valence-electron chi connectivity index (χ3n) is 4.89. The molecule has 28 heavy (non-hydrogen) atoms. The lowest BCUT2D eigenvalue weighted by Crippen LogP contribution is -2.41. The van der Waals surface area contributed by atoms with Crippen LogP contribution < -0.4 is 11.1 Å². The van der Waals surface area contributed by atoms with Gasteiger partial charge in [-0.1, -0.05) is 6.42 Å². The number of primary amides is 1. The van der Waals surface area contributed by atoms with E-state index < -0.39 is 15.9 Å². The van der Waals surface area contributed by atoms with Crippen LogP contribution in [-0.4, -0.2) is 37.1 Å². The highest BCUT2D eigenvalue weighted by Crippen LogP contribution is 2.25.